The van der Waals surface area contributed by atoms with Crippen molar-refractivity contribution < 1.29 is 14.6 Å². The second kappa shape index (κ2) is 9.88. The average molecular weight is 517 g/mol. The van der Waals surface area contributed by atoms with Gasteiger partial charge in [-0.05, 0) is 111 Å². The van der Waals surface area contributed by atoms with E-state index >= 15 is 0 Å². The van der Waals surface area contributed by atoms with Crippen molar-refractivity contribution in [2.75, 3.05) is 45.1 Å². The Morgan fingerprint density at radius 1 is 1.08 bits per heavy atom. The molecule has 1 saturated heterocycles. The molecule has 6 rings (SSSR count). The van der Waals surface area contributed by atoms with E-state index in [0.29, 0.717) is 29.8 Å². The fourth-order valence-electron chi connectivity index (χ4n) is 9.99. The summed E-state index contributed by atoms with van der Waals surface area (Å²) in [5.41, 5.74) is 0.832. The molecule has 0 radical (unpaired) electrons. The van der Waals surface area contributed by atoms with E-state index in [1.807, 2.05) is 0 Å². The molecule has 6 heteroatoms. The topological polar surface area (TPSA) is 61.8 Å². The summed E-state index contributed by atoms with van der Waals surface area (Å²) in [5.74, 6) is 3.32. The molecule has 0 bridgehead atoms. The maximum absolute atomic E-state index is 12.4. The summed E-state index contributed by atoms with van der Waals surface area (Å²) in [6, 6.07) is 0. The molecule has 0 amide bonds. The predicted molar refractivity (Wildman–Crippen MR) is 146 cm³/mol. The first kappa shape index (κ1) is 25.7. The van der Waals surface area contributed by atoms with Crippen LogP contribution in [0.25, 0.3) is 0 Å². The van der Waals surface area contributed by atoms with Crippen LogP contribution in [-0.4, -0.2) is 71.9 Å². The highest BCUT2D eigenvalue weighted by Crippen LogP contribution is 2.70. The normalized spacial score (nSPS) is 47.0. The van der Waals surface area contributed by atoms with Gasteiger partial charge in [0.1, 0.15) is 6.61 Å². The van der Waals surface area contributed by atoms with Crippen molar-refractivity contribution in [3.8, 4) is 0 Å². The van der Waals surface area contributed by atoms with Crippen molar-refractivity contribution in [2.24, 2.45) is 34.5 Å². The lowest BCUT2D eigenvalue weighted by atomic mass is 9.43. The molecule has 0 spiro atoms. The van der Waals surface area contributed by atoms with E-state index in [2.05, 4.69) is 35.8 Å². The number of hydrogen-bond donors (Lipinski definition) is 2. The van der Waals surface area contributed by atoms with E-state index < -0.39 is 5.60 Å². The number of esters is 1. The van der Waals surface area contributed by atoms with Crippen LogP contribution in [0.15, 0.2) is 11.6 Å². The van der Waals surface area contributed by atoms with E-state index in [-0.39, 0.29) is 11.4 Å². The van der Waals surface area contributed by atoms with Crippen LogP contribution in [0.4, 0.5) is 0 Å². The number of rotatable bonds is 6. The highest BCUT2D eigenvalue weighted by atomic mass is 32.2. The summed E-state index contributed by atoms with van der Waals surface area (Å²) in [6.45, 7) is 11.4. The highest BCUT2D eigenvalue weighted by molar-refractivity contribution is 7.99. The number of hydrogen-bond acceptors (Lipinski definition) is 6. The zero-order valence-electron chi connectivity index (χ0n) is 22.6. The van der Waals surface area contributed by atoms with Gasteiger partial charge in [0.15, 0.2) is 0 Å². The van der Waals surface area contributed by atoms with Gasteiger partial charge in [-0.2, -0.15) is 11.8 Å². The van der Waals surface area contributed by atoms with E-state index in [9.17, 15) is 9.90 Å². The number of nitrogens with one attached hydrogen (secondary N) is 1. The Kier molecular flexibility index (Phi) is 7.05. The van der Waals surface area contributed by atoms with Gasteiger partial charge in [0, 0.05) is 42.9 Å². The molecule has 6 aliphatic rings. The Morgan fingerprint density at radius 3 is 2.69 bits per heavy atom. The highest BCUT2D eigenvalue weighted by Gasteiger charge is 2.67. The van der Waals surface area contributed by atoms with Crippen LogP contribution in [0.3, 0.4) is 0 Å². The SMILES string of the molecule is C[C@]12CC[C@H](SCCCN3CCNCC3)C[C@H]1CC[C@@H]1[C@@H]2CC[C@]2(C)[C@@H](C3=CC(=O)OC3)CC[C@]12O. The van der Waals surface area contributed by atoms with Crippen molar-refractivity contribution in [3.63, 3.8) is 0 Å². The van der Waals surface area contributed by atoms with Crippen LogP contribution in [0.1, 0.15) is 78.1 Å². The first-order chi connectivity index (χ1) is 17.3. The summed E-state index contributed by atoms with van der Waals surface area (Å²) in [4.78, 5) is 14.4. The monoisotopic (exact) mass is 516 g/mol. The maximum Gasteiger partial charge on any atom is 0.331 e. The number of nitrogens with zero attached hydrogens (tertiary/aromatic N) is 1. The number of carbonyl (C=O) groups excluding carboxylic acids is 1. The lowest BCUT2D eigenvalue weighted by molar-refractivity contribution is -0.203. The molecule has 2 aliphatic heterocycles. The van der Waals surface area contributed by atoms with E-state index in [1.54, 1.807) is 6.08 Å². The van der Waals surface area contributed by atoms with Gasteiger partial charge in [0.25, 0.3) is 0 Å². The van der Waals surface area contributed by atoms with Gasteiger partial charge < -0.3 is 20.1 Å². The van der Waals surface area contributed by atoms with Gasteiger partial charge in [0.2, 0.25) is 0 Å². The fourth-order valence-corrected chi connectivity index (χ4v) is 11.3. The van der Waals surface area contributed by atoms with Crippen molar-refractivity contribution >= 4 is 17.7 Å². The molecule has 4 aliphatic carbocycles. The Morgan fingerprint density at radius 2 is 1.92 bits per heavy atom. The van der Waals surface area contributed by atoms with Gasteiger partial charge in [-0.25, -0.2) is 4.79 Å². The second-order valence-electron chi connectivity index (χ2n) is 13.5. The summed E-state index contributed by atoms with van der Waals surface area (Å²) >= 11 is 2.26. The molecule has 0 aromatic rings. The Bertz CT molecular complexity index is 874. The quantitative estimate of drug-likeness (QED) is 0.396. The van der Waals surface area contributed by atoms with E-state index in [0.717, 1.165) is 49.1 Å². The molecule has 5 nitrogen and oxygen atoms in total. The molecule has 202 valence electrons. The Labute approximate surface area is 222 Å². The second-order valence-corrected chi connectivity index (χ2v) is 14.9. The number of ether oxygens (including phenoxy) is 1. The van der Waals surface area contributed by atoms with Gasteiger partial charge in [-0.15, -0.1) is 0 Å². The van der Waals surface area contributed by atoms with Crippen molar-refractivity contribution in [1.82, 2.24) is 10.2 Å². The van der Waals surface area contributed by atoms with Crippen LogP contribution in [-0.2, 0) is 9.53 Å². The first-order valence-corrected chi connectivity index (χ1v) is 16.0. The van der Waals surface area contributed by atoms with E-state index in [4.69, 9.17) is 4.74 Å². The molecule has 36 heavy (non-hydrogen) atoms. The van der Waals surface area contributed by atoms with Gasteiger partial charge in [0.05, 0.1) is 5.60 Å². The van der Waals surface area contributed by atoms with Crippen molar-refractivity contribution in [1.29, 1.82) is 0 Å². The zero-order chi connectivity index (χ0) is 25.0. The molecule has 0 aromatic carbocycles. The molecule has 0 unspecified atom stereocenters. The molecule has 2 N–H and O–H groups in total. The molecular formula is C30H48N2O3S. The third-order valence-corrected chi connectivity index (χ3v) is 13.5. The number of fused-ring (bicyclic) bond motifs is 5. The molecule has 0 aromatic heterocycles. The first-order valence-electron chi connectivity index (χ1n) is 15.0. The minimum Gasteiger partial charge on any atom is -0.458 e. The Hall–Kier alpha value is -0.560. The summed E-state index contributed by atoms with van der Waals surface area (Å²) in [7, 11) is 0. The minimum atomic E-state index is -0.587. The molecule has 8 atom stereocenters. The zero-order valence-corrected chi connectivity index (χ0v) is 23.4. The lowest BCUT2D eigenvalue weighted by Gasteiger charge is -2.64. The number of carbonyl (C=O) groups is 1. The number of thioether (sulfide) groups is 1. The molecule has 5 fully saturated rings. The van der Waals surface area contributed by atoms with Crippen LogP contribution < -0.4 is 5.32 Å². The summed E-state index contributed by atoms with van der Waals surface area (Å²) in [6.07, 6.45) is 13.9. The van der Waals surface area contributed by atoms with Crippen molar-refractivity contribution in [2.45, 2.75) is 88.9 Å². The van der Waals surface area contributed by atoms with Gasteiger partial charge >= 0.3 is 5.97 Å². The van der Waals surface area contributed by atoms with Crippen LogP contribution in [0.5, 0.6) is 0 Å². The Balaban J connectivity index is 1.08. The summed E-state index contributed by atoms with van der Waals surface area (Å²) in [5, 5.41) is 16.7. The molecule has 2 heterocycles. The van der Waals surface area contributed by atoms with Crippen LogP contribution >= 0.6 is 11.8 Å². The van der Waals surface area contributed by atoms with Crippen LogP contribution in [0, 0.1) is 34.5 Å². The lowest BCUT2D eigenvalue weighted by Crippen LogP contribution is -2.62. The minimum absolute atomic E-state index is 0.116. The molecular weight excluding hydrogens is 468 g/mol. The predicted octanol–water partition coefficient (Wildman–Crippen LogP) is 4.64. The largest absolute Gasteiger partial charge is 0.458 e. The third kappa shape index (κ3) is 4.21. The smallest absolute Gasteiger partial charge is 0.331 e. The average Bonchev–Trinajstić information content (AvgIpc) is 3.42. The van der Waals surface area contributed by atoms with Crippen molar-refractivity contribution in [3.05, 3.63) is 11.6 Å². The summed E-state index contributed by atoms with van der Waals surface area (Å²) < 4.78 is 5.28. The van der Waals surface area contributed by atoms with E-state index in [1.165, 1.54) is 70.3 Å². The van der Waals surface area contributed by atoms with Gasteiger partial charge in [-0.1, -0.05) is 13.8 Å². The van der Waals surface area contributed by atoms with Gasteiger partial charge in [-0.3, -0.25) is 0 Å². The number of cyclic esters (lactones) is 1. The number of aliphatic hydroxyl groups is 1. The van der Waals surface area contributed by atoms with Crippen LogP contribution in [0.2, 0.25) is 0 Å². The number of piperazine rings is 1. The molecule has 4 saturated carbocycles. The maximum atomic E-state index is 12.4. The third-order valence-electron chi connectivity index (χ3n) is 12.1. The standard InChI is InChI=1S/C30H48N2O3S/c1-28-9-6-23(36-17-3-14-32-15-12-31-13-16-32)19-22(28)4-5-26-25(28)7-10-29(2)24(8-11-30(26,29)34)21-18-27(33)35-20-21/h18,22-26,31,34H,3-17,19-20H2,1-2H3/t22-,23+,24-,25+,26-,28+,29-,30+/m1/s1. The fraction of sp³-hybridized carbons (Fsp3) is 0.900.